The SMILES string of the molecule is CCC1CC(CC(=O)Nc2nccc3cc([N+](=O)[O-])ccc23)CCO1. The lowest BCUT2D eigenvalue weighted by Gasteiger charge is -2.28. The summed E-state index contributed by atoms with van der Waals surface area (Å²) in [5, 5.41) is 15.1. The molecule has 1 aromatic carbocycles. The molecule has 132 valence electrons. The third kappa shape index (κ3) is 4.11. The molecule has 7 nitrogen and oxygen atoms in total. The molecule has 2 heterocycles. The Morgan fingerprint density at radius 2 is 2.28 bits per heavy atom. The van der Waals surface area contributed by atoms with Gasteiger partial charge in [-0.2, -0.15) is 0 Å². The molecule has 0 aliphatic carbocycles. The van der Waals surface area contributed by atoms with Crippen LogP contribution in [0.2, 0.25) is 0 Å². The molecule has 2 atom stereocenters. The van der Waals surface area contributed by atoms with Gasteiger partial charge in [-0.05, 0) is 42.7 Å². The summed E-state index contributed by atoms with van der Waals surface area (Å²) in [7, 11) is 0. The van der Waals surface area contributed by atoms with E-state index in [1.807, 2.05) is 0 Å². The molecule has 25 heavy (non-hydrogen) atoms. The van der Waals surface area contributed by atoms with Crippen molar-refractivity contribution in [1.82, 2.24) is 4.98 Å². The molecule has 3 rings (SSSR count). The number of pyridine rings is 1. The average Bonchev–Trinajstić information content (AvgIpc) is 2.61. The number of nitro benzene ring substituents is 1. The van der Waals surface area contributed by atoms with Gasteiger partial charge in [0.25, 0.3) is 5.69 Å². The number of hydrogen-bond donors (Lipinski definition) is 1. The van der Waals surface area contributed by atoms with Gasteiger partial charge in [-0.1, -0.05) is 6.92 Å². The molecule has 1 N–H and O–H groups in total. The summed E-state index contributed by atoms with van der Waals surface area (Å²) in [6, 6.07) is 6.22. The Bertz CT molecular complexity index is 793. The molecular weight excluding hydrogens is 322 g/mol. The number of nitro groups is 1. The highest BCUT2D eigenvalue weighted by Gasteiger charge is 2.23. The van der Waals surface area contributed by atoms with Gasteiger partial charge in [-0.25, -0.2) is 4.98 Å². The molecule has 7 heteroatoms. The molecule has 0 radical (unpaired) electrons. The number of non-ortho nitro benzene ring substituents is 1. The van der Waals surface area contributed by atoms with Crippen molar-refractivity contribution >= 4 is 28.2 Å². The molecule has 0 bridgehead atoms. The van der Waals surface area contributed by atoms with Crippen LogP contribution in [0.5, 0.6) is 0 Å². The first kappa shape index (κ1) is 17.3. The Morgan fingerprint density at radius 3 is 3.04 bits per heavy atom. The van der Waals surface area contributed by atoms with Crippen LogP contribution in [0.15, 0.2) is 30.5 Å². The molecule has 1 saturated heterocycles. The van der Waals surface area contributed by atoms with Crippen LogP contribution < -0.4 is 5.32 Å². The van der Waals surface area contributed by atoms with Gasteiger partial charge in [-0.15, -0.1) is 0 Å². The minimum absolute atomic E-state index is 0.0174. The second-order valence-corrected chi connectivity index (χ2v) is 6.37. The van der Waals surface area contributed by atoms with Crippen LogP contribution in [0.4, 0.5) is 11.5 Å². The number of rotatable bonds is 5. The second kappa shape index (κ2) is 7.57. The number of nitrogens with one attached hydrogen (secondary N) is 1. The van der Waals surface area contributed by atoms with Crippen molar-refractivity contribution in [2.24, 2.45) is 5.92 Å². The fraction of sp³-hybridized carbons (Fsp3) is 0.444. The van der Waals surface area contributed by atoms with Crippen LogP contribution in [-0.2, 0) is 9.53 Å². The number of benzene rings is 1. The van der Waals surface area contributed by atoms with E-state index in [9.17, 15) is 14.9 Å². The maximum atomic E-state index is 12.4. The van der Waals surface area contributed by atoms with E-state index in [-0.39, 0.29) is 17.7 Å². The molecule has 1 amide bonds. The molecule has 1 aliphatic rings. The number of nitrogens with zero attached hydrogens (tertiary/aromatic N) is 2. The summed E-state index contributed by atoms with van der Waals surface area (Å²) in [5.41, 5.74) is 0.0174. The van der Waals surface area contributed by atoms with Gasteiger partial charge in [0.2, 0.25) is 5.91 Å². The summed E-state index contributed by atoms with van der Waals surface area (Å²) in [6.07, 6.45) is 4.97. The quantitative estimate of drug-likeness (QED) is 0.660. The Kier molecular flexibility index (Phi) is 5.23. The lowest BCUT2D eigenvalue weighted by molar-refractivity contribution is -0.384. The Morgan fingerprint density at radius 1 is 1.44 bits per heavy atom. The van der Waals surface area contributed by atoms with Gasteiger partial charge < -0.3 is 10.1 Å². The van der Waals surface area contributed by atoms with Gasteiger partial charge in [0.15, 0.2) is 0 Å². The fourth-order valence-corrected chi connectivity index (χ4v) is 3.25. The normalized spacial score (nSPS) is 20.4. The zero-order valence-corrected chi connectivity index (χ0v) is 14.1. The smallest absolute Gasteiger partial charge is 0.270 e. The van der Waals surface area contributed by atoms with Crippen LogP contribution in [0.25, 0.3) is 10.8 Å². The van der Waals surface area contributed by atoms with Crippen LogP contribution in [0, 0.1) is 16.0 Å². The highest BCUT2D eigenvalue weighted by Crippen LogP contribution is 2.27. The van der Waals surface area contributed by atoms with Crippen molar-refractivity contribution in [2.45, 2.75) is 38.7 Å². The van der Waals surface area contributed by atoms with Crippen molar-refractivity contribution < 1.29 is 14.5 Å². The van der Waals surface area contributed by atoms with Gasteiger partial charge in [-0.3, -0.25) is 14.9 Å². The molecular formula is C18H21N3O4. The molecule has 2 unspecified atom stereocenters. The van der Waals surface area contributed by atoms with Crippen LogP contribution in [0.1, 0.15) is 32.6 Å². The second-order valence-electron chi connectivity index (χ2n) is 6.37. The Hall–Kier alpha value is -2.54. The molecule has 1 aromatic heterocycles. The molecule has 1 fully saturated rings. The van der Waals surface area contributed by atoms with E-state index in [0.717, 1.165) is 19.3 Å². The number of hydrogen-bond acceptors (Lipinski definition) is 5. The van der Waals surface area contributed by atoms with Crippen molar-refractivity contribution in [1.29, 1.82) is 0 Å². The fourth-order valence-electron chi connectivity index (χ4n) is 3.25. The minimum atomic E-state index is -0.437. The predicted molar refractivity (Wildman–Crippen MR) is 94.4 cm³/mol. The lowest BCUT2D eigenvalue weighted by atomic mass is 9.91. The maximum Gasteiger partial charge on any atom is 0.270 e. The number of ether oxygens (including phenoxy) is 1. The number of anilines is 1. The number of amides is 1. The van der Waals surface area contributed by atoms with E-state index < -0.39 is 4.92 Å². The van der Waals surface area contributed by atoms with Crippen molar-refractivity contribution in [2.75, 3.05) is 11.9 Å². The van der Waals surface area contributed by atoms with Crippen molar-refractivity contribution in [3.05, 3.63) is 40.6 Å². The van der Waals surface area contributed by atoms with E-state index in [1.54, 1.807) is 18.3 Å². The largest absolute Gasteiger partial charge is 0.378 e. The van der Waals surface area contributed by atoms with Crippen molar-refractivity contribution in [3.63, 3.8) is 0 Å². The van der Waals surface area contributed by atoms with Gasteiger partial charge in [0.1, 0.15) is 5.82 Å². The number of carbonyl (C=O) groups is 1. The molecule has 0 saturated carbocycles. The first-order valence-electron chi connectivity index (χ1n) is 8.51. The van der Waals surface area contributed by atoms with E-state index in [2.05, 4.69) is 17.2 Å². The van der Waals surface area contributed by atoms with Gasteiger partial charge in [0, 0.05) is 36.7 Å². The molecule has 2 aromatic rings. The predicted octanol–water partition coefficient (Wildman–Crippen LogP) is 3.68. The van der Waals surface area contributed by atoms with E-state index in [0.29, 0.717) is 35.5 Å². The highest BCUT2D eigenvalue weighted by atomic mass is 16.6. The number of fused-ring (bicyclic) bond motifs is 1. The molecule has 1 aliphatic heterocycles. The average molecular weight is 343 g/mol. The summed E-state index contributed by atoms with van der Waals surface area (Å²) >= 11 is 0. The van der Waals surface area contributed by atoms with Crippen molar-refractivity contribution in [3.8, 4) is 0 Å². The maximum absolute atomic E-state index is 12.4. The molecule has 0 spiro atoms. The van der Waals surface area contributed by atoms with Gasteiger partial charge >= 0.3 is 0 Å². The Balaban J connectivity index is 1.71. The first-order valence-corrected chi connectivity index (χ1v) is 8.51. The van der Waals surface area contributed by atoms with E-state index in [1.165, 1.54) is 12.1 Å². The Labute approximate surface area is 145 Å². The third-order valence-electron chi connectivity index (χ3n) is 4.62. The summed E-state index contributed by atoms with van der Waals surface area (Å²) in [6.45, 7) is 2.79. The third-order valence-corrected chi connectivity index (χ3v) is 4.62. The zero-order valence-electron chi connectivity index (χ0n) is 14.1. The van der Waals surface area contributed by atoms with Crippen LogP contribution >= 0.6 is 0 Å². The zero-order chi connectivity index (χ0) is 17.8. The van der Waals surface area contributed by atoms with Crippen LogP contribution in [0.3, 0.4) is 0 Å². The highest BCUT2D eigenvalue weighted by molar-refractivity contribution is 6.00. The number of aromatic nitrogens is 1. The van der Waals surface area contributed by atoms with E-state index >= 15 is 0 Å². The number of carbonyl (C=O) groups excluding carboxylic acids is 1. The standard InChI is InChI=1S/C18H21N3O4/c1-2-15-9-12(6-8-25-15)10-17(22)20-18-16-4-3-14(21(23)24)11-13(16)5-7-19-18/h3-5,7,11-12,15H,2,6,8-10H2,1H3,(H,19,20,22). The minimum Gasteiger partial charge on any atom is -0.378 e. The first-order chi connectivity index (χ1) is 12.1. The topological polar surface area (TPSA) is 94.4 Å². The monoisotopic (exact) mass is 343 g/mol. The summed E-state index contributed by atoms with van der Waals surface area (Å²) < 4.78 is 5.65. The summed E-state index contributed by atoms with van der Waals surface area (Å²) in [4.78, 5) is 27.1. The summed E-state index contributed by atoms with van der Waals surface area (Å²) in [5.74, 6) is 0.673. The van der Waals surface area contributed by atoms with E-state index in [4.69, 9.17) is 4.74 Å². The lowest BCUT2D eigenvalue weighted by Crippen LogP contribution is -2.28. The van der Waals surface area contributed by atoms with Crippen LogP contribution in [-0.4, -0.2) is 28.5 Å². The van der Waals surface area contributed by atoms with Gasteiger partial charge in [0.05, 0.1) is 11.0 Å².